The van der Waals surface area contributed by atoms with Crippen LogP contribution >= 0.6 is 0 Å². The molecule has 0 spiro atoms. The first-order valence-electron chi connectivity index (χ1n) is 6.58. The van der Waals surface area contributed by atoms with Gasteiger partial charge in [-0.15, -0.1) is 0 Å². The predicted octanol–water partition coefficient (Wildman–Crippen LogP) is 1.90. The molecule has 1 unspecified atom stereocenters. The van der Waals surface area contributed by atoms with Crippen molar-refractivity contribution in [2.45, 2.75) is 26.2 Å². The van der Waals surface area contributed by atoms with Gasteiger partial charge in [0.05, 0.1) is 11.0 Å². The highest BCUT2D eigenvalue weighted by Gasteiger charge is 2.22. The van der Waals surface area contributed by atoms with E-state index in [9.17, 15) is 10.1 Å². The molecule has 1 fully saturated rings. The summed E-state index contributed by atoms with van der Waals surface area (Å²) in [6, 6.07) is 1.55. The summed E-state index contributed by atoms with van der Waals surface area (Å²) in [7, 11) is 0. The molecule has 1 aromatic rings. The number of nitro groups is 1. The molecule has 1 aliphatic rings. The molecule has 1 N–H and O–H groups in total. The Hall–Kier alpha value is -1.69. The molecule has 6 nitrogen and oxygen atoms in total. The summed E-state index contributed by atoms with van der Waals surface area (Å²) in [5, 5.41) is 20.0. The number of aliphatic hydroxyl groups excluding tert-OH is 1. The van der Waals surface area contributed by atoms with Crippen molar-refractivity contribution < 1.29 is 10.0 Å². The van der Waals surface area contributed by atoms with E-state index in [0.717, 1.165) is 32.4 Å². The van der Waals surface area contributed by atoms with Gasteiger partial charge in [-0.1, -0.05) is 0 Å². The Morgan fingerprint density at radius 2 is 2.42 bits per heavy atom. The van der Waals surface area contributed by atoms with E-state index in [-0.39, 0.29) is 17.2 Å². The quantitative estimate of drug-likeness (QED) is 0.664. The van der Waals surface area contributed by atoms with E-state index in [2.05, 4.69) is 9.88 Å². The van der Waals surface area contributed by atoms with Crippen LogP contribution in [0.2, 0.25) is 0 Å². The molecule has 1 aromatic heterocycles. The summed E-state index contributed by atoms with van der Waals surface area (Å²) in [4.78, 5) is 17.0. The van der Waals surface area contributed by atoms with Crippen molar-refractivity contribution in [1.82, 2.24) is 4.98 Å². The number of aliphatic hydroxyl groups is 1. The van der Waals surface area contributed by atoms with Crippen LogP contribution in [-0.2, 0) is 0 Å². The van der Waals surface area contributed by atoms with Crippen LogP contribution in [0.4, 0.5) is 11.5 Å². The Balaban J connectivity index is 2.17. The van der Waals surface area contributed by atoms with Gasteiger partial charge in [0.15, 0.2) is 0 Å². The van der Waals surface area contributed by atoms with Crippen molar-refractivity contribution in [2.75, 3.05) is 24.6 Å². The van der Waals surface area contributed by atoms with Gasteiger partial charge in [0, 0.05) is 31.5 Å². The maximum absolute atomic E-state index is 10.9. The topological polar surface area (TPSA) is 79.5 Å². The number of nitrogens with zero attached hydrogens (tertiary/aromatic N) is 3. The highest BCUT2D eigenvalue weighted by molar-refractivity contribution is 5.50. The first kappa shape index (κ1) is 13.7. The summed E-state index contributed by atoms with van der Waals surface area (Å²) in [5.74, 6) is 1.11. The average Bonchev–Trinajstić information content (AvgIpc) is 2.39. The lowest BCUT2D eigenvalue weighted by Gasteiger charge is -2.33. The monoisotopic (exact) mass is 265 g/mol. The number of aryl methyl sites for hydroxylation is 1. The van der Waals surface area contributed by atoms with Crippen LogP contribution in [0, 0.1) is 23.0 Å². The molecule has 0 aromatic carbocycles. The molecule has 104 valence electrons. The van der Waals surface area contributed by atoms with Gasteiger partial charge in [0.2, 0.25) is 0 Å². The van der Waals surface area contributed by atoms with Crippen LogP contribution in [0.1, 0.15) is 24.8 Å². The smallest absolute Gasteiger partial charge is 0.277 e. The van der Waals surface area contributed by atoms with Crippen LogP contribution < -0.4 is 4.90 Å². The van der Waals surface area contributed by atoms with Gasteiger partial charge in [0.25, 0.3) is 5.69 Å². The fraction of sp³-hybridized carbons (Fsp3) is 0.615. The van der Waals surface area contributed by atoms with Crippen molar-refractivity contribution in [1.29, 1.82) is 0 Å². The lowest BCUT2D eigenvalue weighted by molar-refractivity contribution is -0.385. The molecule has 0 bridgehead atoms. The molecular formula is C13H19N3O3. The first-order valence-corrected chi connectivity index (χ1v) is 6.58. The lowest BCUT2D eigenvalue weighted by Crippen LogP contribution is -2.36. The van der Waals surface area contributed by atoms with Crippen LogP contribution in [0.25, 0.3) is 0 Å². The normalized spacial score (nSPS) is 19.5. The van der Waals surface area contributed by atoms with Crippen LogP contribution in [0.3, 0.4) is 0 Å². The minimum atomic E-state index is -0.365. The number of hydrogen-bond donors (Lipinski definition) is 1. The largest absolute Gasteiger partial charge is 0.396 e. The number of pyridine rings is 1. The molecule has 1 aliphatic heterocycles. The molecule has 2 heterocycles. The molecule has 0 amide bonds. The second-order valence-electron chi connectivity index (χ2n) is 5.05. The summed E-state index contributed by atoms with van der Waals surface area (Å²) in [6.45, 7) is 3.57. The molecule has 0 aliphatic carbocycles. The van der Waals surface area contributed by atoms with E-state index < -0.39 is 0 Å². The van der Waals surface area contributed by atoms with E-state index in [1.165, 1.54) is 0 Å². The highest BCUT2D eigenvalue weighted by Crippen LogP contribution is 2.27. The van der Waals surface area contributed by atoms with Crippen molar-refractivity contribution in [3.05, 3.63) is 27.9 Å². The minimum Gasteiger partial charge on any atom is -0.396 e. The van der Waals surface area contributed by atoms with Gasteiger partial charge in [-0.2, -0.15) is 0 Å². The van der Waals surface area contributed by atoms with E-state index in [1.54, 1.807) is 19.2 Å². The number of piperidine rings is 1. The molecular weight excluding hydrogens is 246 g/mol. The zero-order chi connectivity index (χ0) is 13.8. The molecule has 0 saturated carbocycles. The third-order valence-electron chi connectivity index (χ3n) is 3.64. The van der Waals surface area contributed by atoms with Crippen LogP contribution in [0.15, 0.2) is 12.3 Å². The fourth-order valence-electron chi connectivity index (χ4n) is 2.56. The van der Waals surface area contributed by atoms with Crippen LogP contribution in [0.5, 0.6) is 0 Å². The molecule has 1 saturated heterocycles. The predicted molar refractivity (Wildman–Crippen MR) is 72.3 cm³/mol. The Kier molecular flexibility index (Phi) is 4.31. The number of aromatic nitrogens is 1. The highest BCUT2D eigenvalue weighted by atomic mass is 16.6. The second-order valence-corrected chi connectivity index (χ2v) is 5.05. The molecule has 1 atom stereocenters. The Morgan fingerprint density at radius 1 is 1.63 bits per heavy atom. The summed E-state index contributed by atoms with van der Waals surface area (Å²) < 4.78 is 0. The second kappa shape index (κ2) is 5.97. The third kappa shape index (κ3) is 3.20. The fourth-order valence-corrected chi connectivity index (χ4v) is 2.56. The van der Waals surface area contributed by atoms with E-state index in [1.807, 2.05) is 0 Å². The first-order chi connectivity index (χ1) is 9.11. The van der Waals surface area contributed by atoms with Gasteiger partial charge in [-0.3, -0.25) is 10.1 Å². The Morgan fingerprint density at radius 3 is 3.11 bits per heavy atom. The lowest BCUT2D eigenvalue weighted by atomic mass is 9.95. The molecule has 6 heteroatoms. The maximum Gasteiger partial charge on any atom is 0.277 e. The van der Waals surface area contributed by atoms with Gasteiger partial charge >= 0.3 is 0 Å². The minimum absolute atomic E-state index is 0.120. The molecule has 2 rings (SSSR count). The average molecular weight is 265 g/mol. The Bertz CT molecular complexity index is 462. The number of rotatable bonds is 4. The van der Waals surface area contributed by atoms with Gasteiger partial charge < -0.3 is 10.0 Å². The van der Waals surface area contributed by atoms with Gasteiger partial charge in [-0.05, 0) is 32.1 Å². The zero-order valence-corrected chi connectivity index (χ0v) is 11.1. The van der Waals surface area contributed by atoms with Crippen molar-refractivity contribution >= 4 is 11.5 Å². The van der Waals surface area contributed by atoms with Crippen LogP contribution in [-0.4, -0.2) is 34.7 Å². The molecule has 19 heavy (non-hydrogen) atoms. The zero-order valence-electron chi connectivity index (χ0n) is 11.1. The SMILES string of the molecule is Cc1cnc(N2CCCC(CCO)C2)cc1[N+](=O)[O-]. The summed E-state index contributed by atoms with van der Waals surface area (Å²) >= 11 is 0. The van der Waals surface area contributed by atoms with E-state index in [4.69, 9.17) is 5.11 Å². The third-order valence-corrected chi connectivity index (χ3v) is 3.64. The van der Waals surface area contributed by atoms with Gasteiger partial charge in [0.1, 0.15) is 5.82 Å². The molecule has 0 radical (unpaired) electrons. The van der Waals surface area contributed by atoms with E-state index >= 15 is 0 Å². The summed E-state index contributed by atoms with van der Waals surface area (Å²) in [5.41, 5.74) is 0.701. The maximum atomic E-state index is 10.9. The standard InChI is InChI=1S/C13H19N3O3/c1-10-8-14-13(7-12(10)16(18)19)15-5-2-3-11(9-15)4-6-17/h7-8,11,17H,2-6,9H2,1H3. The van der Waals surface area contributed by atoms with Crippen molar-refractivity contribution in [3.8, 4) is 0 Å². The number of hydrogen-bond acceptors (Lipinski definition) is 5. The Labute approximate surface area is 112 Å². The van der Waals surface area contributed by atoms with Crippen molar-refractivity contribution in [3.63, 3.8) is 0 Å². The van der Waals surface area contributed by atoms with Crippen molar-refractivity contribution in [2.24, 2.45) is 5.92 Å². The summed E-state index contributed by atoms with van der Waals surface area (Å²) in [6.07, 6.45) is 4.48. The van der Waals surface area contributed by atoms with E-state index in [0.29, 0.717) is 17.3 Å². The number of anilines is 1. The van der Waals surface area contributed by atoms with Gasteiger partial charge in [-0.25, -0.2) is 4.98 Å².